The van der Waals surface area contributed by atoms with Crippen LogP contribution in [-0.2, 0) is 4.74 Å². The highest BCUT2D eigenvalue weighted by Crippen LogP contribution is 2.25. The number of anilines is 1. The number of nitrogens with zero attached hydrogens (tertiary/aromatic N) is 1. The Morgan fingerprint density at radius 1 is 1.29 bits per heavy atom. The molecule has 14 heavy (non-hydrogen) atoms. The van der Waals surface area contributed by atoms with Crippen LogP contribution < -0.4 is 4.90 Å². The second-order valence-corrected chi connectivity index (χ2v) is 3.91. The maximum absolute atomic E-state index is 5.98. The molecule has 0 aliphatic carbocycles. The summed E-state index contributed by atoms with van der Waals surface area (Å²) in [5.74, 6) is 0.933. The van der Waals surface area contributed by atoms with Gasteiger partial charge in [-0.3, -0.25) is 0 Å². The lowest BCUT2D eigenvalue weighted by molar-refractivity contribution is 0.247. The zero-order valence-corrected chi connectivity index (χ0v) is 9.01. The molecule has 3 heteroatoms. The van der Waals surface area contributed by atoms with Crippen LogP contribution in [0.15, 0.2) is 30.2 Å². The quantitative estimate of drug-likeness (QED) is 0.704. The van der Waals surface area contributed by atoms with Crippen LogP contribution in [0.5, 0.6) is 0 Å². The van der Waals surface area contributed by atoms with Gasteiger partial charge in [0, 0.05) is 16.9 Å². The largest absolute Gasteiger partial charge is 0.476 e. The number of halogens is 1. The number of allylic oxidation sites excluding steroid dienone is 1. The van der Waals surface area contributed by atoms with Crippen molar-refractivity contribution in [3.8, 4) is 0 Å². The number of aryl methyl sites for hydroxylation is 1. The van der Waals surface area contributed by atoms with Crippen molar-refractivity contribution >= 4 is 17.3 Å². The molecule has 1 aliphatic rings. The summed E-state index contributed by atoms with van der Waals surface area (Å²) in [6.07, 6.45) is 1.98. The molecule has 74 valence electrons. The van der Waals surface area contributed by atoms with E-state index in [2.05, 4.69) is 6.07 Å². The van der Waals surface area contributed by atoms with E-state index in [4.69, 9.17) is 16.3 Å². The highest BCUT2D eigenvalue weighted by atomic mass is 35.5. The van der Waals surface area contributed by atoms with Crippen LogP contribution in [0.1, 0.15) is 12.5 Å². The van der Waals surface area contributed by atoms with E-state index in [1.807, 2.05) is 37.1 Å². The summed E-state index contributed by atoms with van der Waals surface area (Å²) in [5, 5.41) is 0.762. The van der Waals surface area contributed by atoms with Crippen LogP contribution in [0.2, 0.25) is 5.02 Å². The lowest BCUT2D eigenvalue weighted by atomic mass is 10.2. The lowest BCUT2D eigenvalue weighted by Crippen LogP contribution is -2.12. The van der Waals surface area contributed by atoms with Crippen LogP contribution in [0, 0.1) is 6.92 Å². The van der Waals surface area contributed by atoms with E-state index in [1.165, 1.54) is 0 Å². The second kappa shape index (κ2) is 3.54. The van der Waals surface area contributed by atoms with Crippen LogP contribution in [0.3, 0.4) is 0 Å². The van der Waals surface area contributed by atoms with Crippen LogP contribution in [0.25, 0.3) is 0 Å². The van der Waals surface area contributed by atoms with Gasteiger partial charge in [-0.2, -0.15) is 0 Å². The molecule has 2 nitrogen and oxygen atoms in total. The maximum atomic E-state index is 5.98. The molecule has 2 rings (SSSR count). The first-order valence-electron chi connectivity index (χ1n) is 4.50. The van der Waals surface area contributed by atoms with E-state index in [9.17, 15) is 0 Å². The van der Waals surface area contributed by atoms with Gasteiger partial charge in [-0.25, -0.2) is 0 Å². The van der Waals surface area contributed by atoms with Gasteiger partial charge in [0.15, 0.2) is 6.73 Å². The molecular formula is C11H12ClNO. The maximum Gasteiger partial charge on any atom is 0.164 e. The van der Waals surface area contributed by atoms with Crippen molar-refractivity contribution in [3.05, 3.63) is 40.7 Å². The standard InChI is InChI=1S/C11H12ClNO/c1-8-3-10(12)5-11(4-8)13-6-9(2)14-7-13/h3-6H,7H2,1-2H3. The minimum Gasteiger partial charge on any atom is -0.476 e. The average molecular weight is 210 g/mol. The van der Waals surface area contributed by atoms with Crippen molar-refractivity contribution in [2.75, 3.05) is 11.6 Å². The van der Waals surface area contributed by atoms with Crippen molar-refractivity contribution < 1.29 is 4.74 Å². The third-order valence-corrected chi connectivity index (χ3v) is 2.35. The molecule has 1 heterocycles. The van der Waals surface area contributed by atoms with Gasteiger partial charge in [0.1, 0.15) is 5.76 Å². The number of hydrogen-bond donors (Lipinski definition) is 0. The van der Waals surface area contributed by atoms with Gasteiger partial charge in [0.2, 0.25) is 0 Å². The van der Waals surface area contributed by atoms with Gasteiger partial charge in [0.25, 0.3) is 0 Å². The molecule has 0 saturated carbocycles. The molecule has 0 radical (unpaired) electrons. The van der Waals surface area contributed by atoms with Gasteiger partial charge < -0.3 is 9.64 Å². The van der Waals surface area contributed by atoms with Gasteiger partial charge in [-0.05, 0) is 37.6 Å². The van der Waals surface area contributed by atoms with E-state index in [1.54, 1.807) is 0 Å². The fourth-order valence-electron chi connectivity index (χ4n) is 1.50. The molecular weight excluding hydrogens is 198 g/mol. The van der Waals surface area contributed by atoms with Crippen LogP contribution >= 0.6 is 11.6 Å². The molecule has 0 bridgehead atoms. The van der Waals surface area contributed by atoms with Crippen molar-refractivity contribution in [2.45, 2.75) is 13.8 Å². The van der Waals surface area contributed by atoms with E-state index in [-0.39, 0.29) is 0 Å². The zero-order chi connectivity index (χ0) is 10.1. The summed E-state index contributed by atoms with van der Waals surface area (Å²) in [6.45, 7) is 4.55. The first-order chi connectivity index (χ1) is 6.65. The number of rotatable bonds is 1. The van der Waals surface area contributed by atoms with Gasteiger partial charge in [0.05, 0.1) is 0 Å². The Bertz CT molecular complexity index is 367. The second-order valence-electron chi connectivity index (χ2n) is 3.47. The first kappa shape index (κ1) is 9.41. The van der Waals surface area contributed by atoms with Crippen molar-refractivity contribution in [2.24, 2.45) is 0 Å². The highest BCUT2D eigenvalue weighted by Gasteiger charge is 2.12. The summed E-state index contributed by atoms with van der Waals surface area (Å²) >= 11 is 5.98. The third-order valence-electron chi connectivity index (χ3n) is 2.13. The molecule has 0 unspecified atom stereocenters. The molecule has 1 aliphatic heterocycles. The molecule has 0 saturated heterocycles. The molecule has 0 amide bonds. The predicted octanol–water partition coefficient (Wildman–Crippen LogP) is 3.30. The van der Waals surface area contributed by atoms with E-state index in [0.29, 0.717) is 6.73 Å². The molecule has 0 N–H and O–H groups in total. The smallest absolute Gasteiger partial charge is 0.164 e. The Morgan fingerprint density at radius 2 is 2.07 bits per heavy atom. The summed E-state index contributed by atoms with van der Waals surface area (Å²) < 4.78 is 5.34. The minimum absolute atomic E-state index is 0.575. The fourth-order valence-corrected chi connectivity index (χ4v) is 1.78. The summed E-state index contributed by atoms with van der Waals surface area (Å²) in [5.41, 5.74) is 2.23. The number of ether oxygens (including phenoxy) is 1. The summed E-state index contributed by atoms with van der Waals surface area (Å²) in [7, 11) is 0. The fraction of sp³-hybridized carbons (Fsp3) is 0.273. The lowest BCUT2D eigenvalue weighted by Gasteiger charge is -2.14. The molecule has 0 aromatic heterocycles. The van der Waals surface area contributed by atoms with Crippen LogP contribution in [0.4, 0.5) is 5.69 Å². The average Bonchev–Trinajstić information content (AvgIpc) is 2.50. The van der Waals surface area contributed by atoms with Crippen molar-refractivity contribution in [3.63, 3.8) is 0 Å². The van der Waals surface area contributed by atoms with Gasteiger partial charge >= 0.3 is 0 Å². The Labute approximate surface area is 88.7 Å². The Balaban J connectivity index is 2.32. The Morgan fingerprint density at radius 3 is 2.64 bits per heavy atom. The zero-order valence-electron chi connectivity index (χ0n) is 8.25. The van der Waals surface area contributed by atoms with Crippen molar-refractivity contribution in [1.82, 2.24) is 0 Å². The van der Waals surface area contributed by atoms with Gasteiger partial charge in [-0.15, -0.1) is 0 Å². The number of hydrogen-bond acceptors (Lipinski definition) is 2. The number of benzene rings is 1. The Kier molecular flexibility index (Phi) is 2.38. The first-order valence-corrected chi connectivity index (χ1v) is 4.88. The van der Waals surface area contributed by atoms with E-state index >= 15 is 0 Å². The molecule has 0 spiro atoms. The normalized spacial score (nSPS) is 15.4. The van der Waals surface area contributed by atoms with Gasteiger partial charge in [-0.1, -0.05) is 11.6 Å². The molecule has 0 atom stereocenters. The topological polar surface area (TPSA) is 12.5 Å². The van der Waals surface area contributed by atoms with E-state index < -0.39 is 0 Å². The molecule has 1 aromatic carbocycles. The SMILES string of the molecule is CC1=CN(c2cc(C)cc(Cl)c2)CO1. The summed E-state index contributed by atoms with van der Waals surface area (Å²) in [6, 6.07) is 5.97. The predicted molar refractivity (Wildman–Crippen MR) is 58.4 cm³/mol. The summed E-state index contributed by atoms with van der Waals surface area (Å²) in [4.78, 5) is 2.04. The highest BCUT2D eigenvalue weighted by molar-refractivity contribution is 6.30. The monoisotopic (exact) mass is 209 g/mol. The van der Waals surface area contributed by atoms with Crippen LogP contribution in [-0.4, -0.2) is 6.73 Å². The molecule has 0 fully saturated rings. The third kappa shape index (κ3) is 1.85. The molecule has 1 aromatic rings. The van der Waals surface area contributed by atoms with Crippen molar-refractivity contribution in [1.29, 1.82) is 0 Å². The Hall–Kier alpha value is -1.15. The minimum atomic E-state index is 0.575. The van der Waals surface area contributed by atoms with E-state index in [0.717, 1.165) is 22.0 Å².